The molecule has 0 aromatic carbocycles. The Morgan fingerprint density at radius 1 is 0.767 bits per heavy atom. The summed E-state index contributed by atoms with van der Waals surface area (Å²) in [6.45, 7) is 3.90. The molecule has 0 saturated heterocycles. The average molecular weight is 420 g/mol. The molecule has 0 aliphatic heterocycles. The van der Waals surface area contributed by atoms with Gasteiger partial charge in [-0.3, -0.25) is 19.6 Å². The van der Waals surface area contributed by atoms with Crippen LogP contribution in [0.2, 0.25) is 0 Å². The van der Waals surface area contributed by atoms with E-state index in [0.29, 0.717) is 0 Å². The number of esters is 2. The first-order valence-electron chi connectivity index (χ1n) is 8.60. The lowest BCUT2D eigenvalue weighted by molar-refractivity contribution is -0.138. The molecule has 0 saturated carbocycles. The largest absolute Gasteiger partial charge is 0.463 e. The predicted octanol–water partition coefficient (Wildman–Crippen LogP) is -0.721. The van der Waals surface area contributed by atoms with Crippen LogP contribution in [-0.4, -0.2) is 45.1 Å². The van der Waals surface area contributed by atoms with Gasteiger partial charge in [-0.1, -0.05) is 0 Å². The van der Waals surface area contributed by atoms with Crippen LogP contribution in [0, 0.1) is 0 Å². The van der Waals surface area contributed by atoms with Gasteiger partial charge in [0, 0.05) is 24.5 Å². The number of hydrogen-bond donors (Lipinski definition) is 4. The molecule has 0 amide bonds. The van der Waals surface area contributed by atoms with Crippen molar-refractivity contribution in [3.05, 3.63) is 77.3 Å². The van der Waals surface area contributed by atoms with Gasteiger partial charge < -0.3 is 19.4 Å². The van der Waals surface area contributed by atoms with Crippen molar-refractivity contribution >= 4 is 24.1 Å². The van der Waals surface area contributed by atoms with Gasteiger partial charge in [-0.15, -0.1) is 0 Å². The van der Waals surface area contributed by atoms with Gasteiger partial charge in [-0.05, 0) is 26.0 Å². The number of hydrogen-bond acceptors (Lipinski definition) is 8. The van der Waals surface area contributed by atoms with Crippen molar-refractivity contribution in [1.82, 2.24) is 19.9 Å². The highest BCUT2D eigenvalue weighted by Crippen LogP contribution is 1.91. The van der Waals surface area contributed by atoms with E-state index in [1.54, 1.807) is 13.8 Å². The Bertz CT molecular complexity index is 1060. The fourth-order valence-corrected chi connectivity index (χ4v) is 1.78. The second kappa shape index (κ2) is 12.3. The second-order valence-corrected chi connectivity index (χ2v) is 5.23. The van der Waals surface area contributed by atoms with Crippen LogP contribution in [0.5, 0.6) is 0 Å². The minimum absolute atomic E-state index is 0.183. The molecule has 2 rings (SSSR count). The van der Waals surface area contributed by atoms with Crippen molar-refractivity contribution in [3.8, 4) is 0 Å². The third-order valence-electron chi connectivity index (χ3n) is 3.07. The van der Waals surface area contributed by atoms with Crippen molar-refractivity contribution in [2.24, 2.45) is 0 Å². The Morgan fingerprint density at radius 3 is 1.43 bits per heavy atom. The lowest BCUT2D eigenvalue weighted by Crippen LogP contribution is -2.22. The van der Waals surface area contributed by atoms with E-state index in [0.717, 1.165) is 12.2 Å². The Morgan fingerprint density at radius 2 is 1.13 bits per heavy atom. The molecule has 12 heteroatoms. The highest BCUT2D eigenvalue weighted by molar-refractivity contribution is 5.87. The third-order valence-corrected chi connectivity index (χ3v) is 3.07. The topological polar surface area (TPSA) is 184 Å². The molecule has 160 valence electrons. The Labute approximate surface area is 168 Å². The van der Waals surface area contributed by atoms with Crippen LogP contribution in [0.15, 0.2) is 43.7 Å². The van der Waals surface area contributed by atoms with E-state index in [1.807, 2.05) is 9.97 Å². The number of ether oxygens (including phenoxy) is 2. The molecule has 0 unspecified atom stereocenters. The molecule has 2 aromatic heterocycles. The van der Waals surface area contributed by atoms with Crippen molar-refractivity contribution in [3.63, 3.8) is 0 Å². The van der Waals surface area contributed by atoms with Crippen LogP contribution in [0.3, 0.4) is 0 Å². The van der Waals surface area contributed by atoms with Gasteiger partial charge in [-0.25, -0.2) is 19.2 Å². The van der Waals surface area contributed by atoms with E-state index in [4.69, 9.17) is 0 Å². The molecule has 0 bridgehead atoms. The molecule has 12 nitrogen and oxygen atoms in total. The summed E-state index contributed by atoms with van der Waals surface area (Å²) in [6, 6.07) is 0. The molecule has 2 heterocycles. The molecule has 0 atom stereocenters. The summed E-state index contributed by atoms with van der Waals surface area (Å²) in [5.41, 5.74) is -1.93. The van der Waals surface area contributed by atoms with Crippen LogP contribution < -0.4 is 22.5 Å². The summed E-state index contributed by atoms with van der Waals surface area (Å²) < 4.78 is 9.23. The van der Waals surface area contributed by atoms with Crippen LogP contribution in [0.25, 0.3) is 12.2 Å². The van der Waals surface area contributed by atoms with E-state index in [-0.39, 0.29) is 24.3 Å². The molecular weight excluding hydrogens is 400 g/mol. The van der Waals surface area contributed by atoms with Crippen LogP contribution in [0.1, 0.15) is 25.0 Å². The summed E-state index contributed by atoms with van der Waals surface area (Å²) in [5.74, 6) is -1.08. The standard InChI is InChI=1S/2C9H10N2O4/c2*1-2-15-7(12)4-3-6-5-10-9(14)11-8(6)13/h2*3-5H,2H2,1H3,(H2,10,11,13,14). The number of carbonyl (C=O) groups is 2. The van der Waals surface area contributed by atoms with Crippen molar-refractivity contribution in [2.45, 2.75) is 13.8 Å². The monoisotopic (exact) mass is 420 g/mol. The van der Waals surface area contributed by atoms with Gasteiger partial charge >= 0.3 is 23.3 Å². The first-order chi connectivity index (χ1) is 14.3. The number of carbonyl (C=O) groups excluding carboxylic acids is 2. The van der Waals surface area contributed by atoms with E-state index in [1.165, 1.54) is 24.5 Å². The van der Waals surface area contributed by atoms with Gasteiger partial charge in [0.1, 0.15) is 0 Å². The highest BCUT2D eigenvalue weighted by atomic mass is 16.5. The molecule has 0 spiro atoms. The summed E-state index contributed by atoms with van der Waals surface area (Å²) in [5, 5.41) is 0. The SMILES string of the molecule is CCOC(=O)C=Cc1c[nH]c(=O)[nH]c1=O.CCOC(=O)C=Cc1c[nH]c(=O)[nH]c1=O. The van der Waals surface area contributed by atoms with Gasteiger partial charge in [0.05, 0.1) is 24.3 Å². The maximum Gasteiger partial charge on any atom is 0.330 e. The Kier molecular flexibility index (Phi) is 9.75. The normalized spacial score (nSPS) is 10.5. The number of nitrogens with one attached hydrogen (secondary N) is 4. The van der Waals surface area contributed by atoms with E-state index < -0.39 is 34.4 Å². The first-order valence-corrected chi connectivity index (χ1v) is 8.60. The number of rotatable bonds is 6. The average Bonchev–Trinajstić information content (AvgIpc) is 2.67. The maximum absolute atomic E-state index is 11.1. The molecule has 0 radical (unpaired) electrons. The molecule has 0 aliphatic rings. The van der Waals surface area contributed by atoms with E-state index in [2.05, 4.69) is 19.4 Å². The summed E-state index contributed by atoms with van der Waals surface area (Å²) in [7, 11) is 0. The van der Waals surface area contributed by atoms with E-state index >= 15 is 0 Å². The smallest absolute Gasteiger partial charge is 0.330 e. The van der Waals surface area contributed by atoms with Crippen LogP contribution >= 0.6 is 0 Å². The fraction of sp³-hybridized carbons (Fsp3) is 0.222. The zero-order valence-electron chi connectivity index (χ0n) is 16.1. The summed E-state index contributed by atoms with van der Waals surface area (Å²) in [4.78, 5) is 74.0. The third kappa shape index (κ3) is 8.65. The number of aromatic amines is 4. The molecule has 2 aromatic rings. The lowest BCUT2D eigenvalue weighted by atomic mass is 10.3. The quantitative estimate of drug-likeness (QED) is 0.348. The van der Waals surface area contributed by atoms with Crippen LogP contribution in [0.4, 0.5) is 0 Å². The highest BCUT2D eigenvalue weighted by Gasteiger charge is 1.99. The van der Waals surface area contributed by atoms with Crippen molar-refractivity contribution in [1.29, 1.82) is 0 Å². The molecule has 4 N–H and O–H groups in total. The number of H-pyrrole nitrogens is 4. The molecule has 30 heavy (non-hydrogen) atoms. The Hall–Kier alpha value is -4.22. The van der Waals surface area contributed by atoms with Gasteiger partial charge in [0.2, 0.25) is 0 Å². The minimum atomic E-state index is -0.590. The second-order valence-electron chi connectivity index (χ2n) is 5.23. The zero-order valence-corrected chi connectivity index (χ0v) is 16.1. The molecule has 0 aliphatic carbocycles. The van der Waals surface area contributed by atoms with Gasteiger partial charge in [-0.2, -0.15) is 0 Å². The Balaban J connectivity index is 0.000000300. The predicted molar refractivity (Wildman–Crippen MR) is 107 cm³/mol. The zero-order chi connectivity index (χ0) is 22.5. The van der Waals surface area contributed by atoms with Gasteiger partial charge in [0.15, 0.2) is 0 Å². The van der Waals surface area contributed by atoms with Crippen LogP contribution in [-0.2, 0) is 19.1 Å². The fourth-order valence-electron chi connectivity index (χ4n) is 1.78. The molecule has 0 fully saturated rings. The summed E-state index contributed by atoms with van der Waals surface area (Å²) >= 11 is 0. The maximum atomic E-state index is 11.1. The minimum Gasteiger partial charge on any atom is -0.463 e. The van der Waals surface area contributed by atoms with Crippen molar-refractivity contribution < 1.29 is 19.1 Å². The molecular formula is C18H20N4O8. The van der Waals surface area contributed by atoms with Crippen molar-refractivity contribution in [2.75, 3.05) is 13.2 Å². The summed E-state index contributed by atoms with van der Waals surface area (Å²) in [6.07, 6.45) is 7.21. The number of aromatic nitrogens is 4. The lowest BCUT2D eigenvalue weighted by Gasteiger charge is -1.94. The first kappa shape index (κ1) is 23.8. The van der Waals surface area contributed by atoms with Gasteiger partial charge in [0.25, 0.3) is 11.1 Å². The van der Waals surface area contributed by atoms with E-state index in [9.17, 15) is 28.8 Å².